The average molecular weight is 928 g/mol. The average Bonchev–Trinajstić information content (AvgIpc) is 4.09. The van der Waals surface area contributed by atoms with Crippen molar-refractivity contribution in [2.24, 2.45) is 10.7 Å². The van der Waals surface area contributed by atoms with Crippen LogP contribution in [-0.4, -0.2) is 34.4 Å². The van der Waals surface area contributed by atoms with Crippen molar-refractivity contribution in [1.29, 1.82) is 0 Å². The Labute approximate surface area is 414 Å². The third-order valence-electron chi connectivity index (χ3n) is 13.6. The number of aromatic nitrogens is 6. The number of pyridine rings is 3. The second-order valence-electron chi connectivity index (χ2n) is 17.8. The molecule has 0 amide bonds. The summed E-state index contributed by atoms with van der Waals surface area (Å²) in [5.74, 6) is 0.973. The summed E-state index contributed by atoms with van der Waals surface area (Å²) in [5, 5.41) is 8.56. The summed E-state index contributed by atoms with van der Waals surface area (Å²) in [6.45, 7) is 3.14. The molecule has 3 N–H and O–H groups in total. The van der Waals surface area contributed by atoms with Crippen LogP contribution in [-0.2, 0) is 0 Å². The quantitative estimate of drug-likeness (QED) is 0.166. The lowest BCUT2D eigenvalue weighted by atomic mass is 10.0. The largest absolute Gasteiger partial charge is 0.405 e. The monoisotopic (exact) mass is 927 g/mol. The van der Waals surface area contributed by atoms with Crippen LogP contribution in [0.4, 0.5) is 0 Å². The minimum atomic E-state index is -0.262. The lowest BCUT2D eigenvalue weighted by Crippen LogP contribution is -2.27. The van der Waals surface area contributed by atoms with E-state index in [0.717, 1.165) is 101 Å². The summed E-state index contributed by atoms with van der Waals surface area (Å²) in [6, 6.07) is 72.9. The number of benzene rings is 7. The molecule has 9 nitrogen and oxygen atoms in total. The van der Waals surface area contributed by atoms with Gasteiger partial charge in [-0.3, -0.25) is 19.5 Å². The zero-order valence-corrected chi connectivity index (χ0v) is 39.0. The van der Waals surface area contributed by atoms with Gasteiger partial charge in [-0.25, -0.2) is 4.98 Å². The van der Waals surface area contributed by atoms with E-state index in [1.807, 2.05) is 42.9 Å². The number of allylic oxidation sites excluding steroid dienone is 1. The molecule has 0 spiro atoms. The van der Waals surface area contributed by atoms with Gasteiger partial charge >= 0.3 is 0 Å². The first-order valence-corrected chi connectivity index (χ1v) is 24.0. The van der Waals surface area contributed by atoms with Gasteiger partial charge in [-0.05, 0) is 101 Å². The Morgan fingerprint density at radius 2 is 1.07 bits per heavy atom. The first-order valence-electron chi connectivity index (χ1n) is 24.0. The SMILES string of the molecule is C1=C(n2c3ccccc3c3ccc(-c4ccc5c(c4)c4ccccc4n5-c4cncc(-c5ccc6c(n5)c5ncccc5n6-c5ccccc5)c4)cc32)NC(c2ccccc2)N=C1c1ccccc1.C=CN. The zero-order chi connectivity index (χ0) is 48.1. The molecule has 72 heavy (non-hydrogen) atoms. The number of hydrogen-bond acceptors (Lipinski definition) is 6. The van der Waals surface area contributed by atoms with E-state index in [1.165, 1.54) is 27.7 Å². The molecule has 342 valence electrons. The van der Waals surface area contributed by atoms with Gasteiger partial charge in [0.1, 0.15) is 23.0 Å². The third-order valence-corrected chi connectivity index (χ3v) is 13.6. The highest BCUT2D eigenvalue weighted by molar-refractivity contribution is 6.16. The van der Waals surface area contributed by atoms with Gasteiger partial charge in [0.2, 0.25) is 0 Å². The summed E-state index contributed by atoms with van der Waals surface area (Å²) in [6.07, 6.45) is 8.86. The standard InChI is InChI=1S/C61H40N8.C2H5N/c1-4-15-39(16-5-1)51-36-58(66-61(65-51)40-17-6-2-7-18-40)69-53-24-13-10-21-46(53)48-28-26-42(35-57(48)69)41-27-30-54-49(34-41)47-22-11-12-23-52(47)68(54)45-33-43(37-62-38-45)50-29-31-56-60(64-50)59-55(25-14-32-63-59)67(56)44-19-8-3-9-20-44;1-2-3/h1-38,61,66H;2H,1,3H2. The maximum atomic E-state index is 5.27. The Morgan fingerprint density at radius 3 is 1.86 bits per heavy atom. The number of nitrogens with zero attached hydrogens (tertiary/aromatic N) is 7. The third kappa shape index (κ3) is 7.10. The molecule has 14 rings (SSSR count). The Bertz CT molecular complexity index is 4280. The van der Waals surface area contributed by atoms with Crippen LogP contribution in [0.15, 0.2) is 249 Å². The van der Waals surface area contributed by atoms with Crippen molar-refractivity contribution in [3.05, 3.63) is 255 Å². The van der Waals surface area contributed by atoms with Crippen molar-refractivity contribution in [3.63, 3.8) is 0 Å². The second-order valence-corrected chi connectivity index (χ2v) is 17.8. The van der Waals surface area contributed by atoms with Gasteiger partial charge < -0.3 is 20.2 Å². The van der Waals surface area contributed by atoms with E-state index in [4.69, 9.17) is 19.9 Å². The first kappa shape index (κ1) is 42.3. The molecule has 9 heteroatoms. The van der Waals surface area contributed by atoms with E-state index in [2.05, 4.69) is 219 Å². The van der Waals surface area contributed by atoms with Gasteiger partial charge in [0.15, 0.2) is 0 Å². The fraction of sp³-hybridized carbons (Fsp3) is 0.0159. The highest BCUT2D eigenvalue weighted by Crippen LogP contribution is 2.40. The van der Waals surface area contributed by atoms with Gasteiger partial charge in [0.05, 0.1) is 56.4 Å². The Kier molecular flexibility index (Phi) is 10.3. The van der Waals surface area contributed by atoms with Crippen LogP contribution in [0.3, 0.4) is 0 Å². The summed E-state index contributed by atoms with van der Waals surface area (Å²) >= 11 is 0. The highest BCUT2D eigenvalue weighted by atomic mass is 15.2. The molecule has 7 heterocycles. The number of hydrogen-bond donors (Lipinski definition) is 2. The molecule has 0 bridgehead atoms. The minimum Gasteiger partial charge on any atom is -0.405 e. The van der Waals surface area contributed by atoms with Crippen LogP contribution in [0.25, 0.3) is 105 Å². The van der Waals surface area contributed by atoms with E-state index in [-0.39, 0.29) is 6.17 Å². The zero-order valence-electron chi connectivity index (χ0n) is 39.0. The number of nitrogens with two attached hydrogens (primary N) is 1. The number of nitrogens with one attached hydrogen (secondary N) is 1. The number of fused-ring (bicyclic) bond motifs is 9. The highest BCUT2D eigenvalue weighted by Gasteiger charge is 2.24. The molecule has 1 aliphatic heterocycles. The molecule has 0 fully saturated rings. The van der Waals surface area contributed by atoms with E-state index in [1.54, 1.807) is 0 Å². The fourth-order valence-corrected chi connectivity index (χ4v) is 10.5. The minimum absolute atomic E-state index is 0.262. The van der Waals surface area contributed by atoms with Crippen LogP contribution >= 0.6 is 0 Å². The Balaban J connectivity index is 0.00000164. The van der Waals surface area contributed by atoms with Crippen molar-refractivity contribution in [2.45, 2.75) is 6.17 Å². The molecule has 6 aromatic heterocycles. The molecule has 13 aromatic rings. The molecule has 1 aliphatic rings. The second kappa shape index (κ2) is 17.6. The van der Waals surface area contributed by atoms with E-state index < -0.39 is 0 Å². The predicted octanol–water partition coefficient (Wildman–Crippen LogP) is 14.2. The lowest BCUT2D eigenvalue weighted by Gasteiger charge is -2.26. The van der Waals surface area contributed by atoms with Gasteiger partial charge in [0, 0.05) is 51.3 Å². The molecule has 7 aromatic carbocycles. The number of aliphatic imine (C=N–C) groups is 1. The first-order chi connectivity index (χ1) is 35.6. The van der Waals surface area contributed by atoms with Crippen LogP contribution in [0.2, 0.25) is 0 Å². The predicted molar refractivity (Wildman–Crippen MR) is 296 cm³/mol. The topological polar surface area (TPSA) is 104 Å². The van der Waals surface area contributed by atoms with Crippen LogP contribution < -0.4 is 11.1 Å². The molecule has 0 aliphatic carbocycles. The number of rotatable bonds is 7. The molecular formula is C63H45N9. The van der Waals surface area contributed by atoms with Crippen molar-refractivity contribution < 1.29 is 0 Å². The van der Waals surface area contributed by atoms with Crippen molar-refractivity contribution in [2.75, 3.05) is 0 Å². The maximum Gasteiger partial charge on any atom is 0.146 e. The molecule has 0 radical (unpaired) electrons. The van der Waals surface area contributed by atoms with E-state index in [0.29, 0.717) is 0 Å². The molecule has 1 atom stereocenters. The Hall–Kier alpha value is -9.86. The van der Waals surface area contributed by atoms with Crippen molar-refractivity contribution >= 4 is 77.2 Å². The van der Waals surface area contributed by atoms with E-state index >= 15 is 0 Å². The smallest absolute Gasteiger partial charge is 0.146 e. The van der Waals surface area contributed by atoms with Gasteiger partial charge in [-0.1, -0.05) is 140 Å². The van der Waals surface area contributed by atoms with Crippen LogP contribution in [0, 0.1) is 0 Å². The van der Waals surface area contributed by atoms with Gasteiger partial charge in [0.25, 0.3) is 0 Å². The van der Waals surface area contributed by atoms with E-state index in [9.17, 15) is 0 Å². The fourth-order valence-electron chi connectivity index (χ4n) is 10.5. The molecule has 0 saturated heterocycles. The van der Waals surface area contributed by atoms with Crippen molar-refractivity contribution in [1.82, 2.24) is 34.0 Å². The summed E-state index contributed by atoms with van der Waals surface area (Å²) in [4.78, 5) is 20.1. The van der Waals surface area contributed by atoms with Crippen molar-refractivity contribution in [3.8, 4) is 33.8 Å². The van der Waals surface area contributed by atoms with Gasteiger partial charge in [-0.2, -0.15) is 0 Å². The maximum absolute atomic E-state index is 5.27. The summed E-state index contributed by atoms with van der Waals surface area (Å²) < 4.78 is 6.93. The van der Waals surface area contributed by atoms with Crippen LogP contribution in [0.5, 0.6) is 0 Å². The molecular weight excluding hydrogens is 883 g/mol. The molecule has 1 unspecified atom stereocenters. The normalized spacial score (nSPS) is 13.5. The van der Waals surface area contributed by atoms with Crippen LogP contribution in [0.1, 0.15) is 17.3 Å². The van der Waals surface area contributed by atoms with Gasteiger partial charge in [-0.15, -0.1) is 0 Å². The summed E-state index contributed by atoms with van der Waals surface area (Å²) in [7, 11) is 0. The summed E-state index contributed by atoms with van der Waals surface area (Å²) in [5.41, 5.74) is 22.0. The number of para-hydroxylation sites is 3. The molecule has 0 saturated carbocycles. The Morgan fingerprint density at radius 1 is 0.472 bits per heavy atom. The lowest BCUT2D eigenvalue weighted by molar-refractivity contribution is 0.646.